The van der Waals surface area contributed by atoms with Gasteiger partial charge in [0.1, 0.15) is 0 Å². The third-order valence-corrected chi connectivity index (χ3v) is 4.74. The van der Waals surface area contributed by atoms with Crippen LogP contribution in [-0.2, 0) is 6.42 Å². The topological polar surface area (TPSA) is 81.6 Å². The first kappa shape index (κ1) is 17.8. The van der Waals surface area contributed by atoms with E-state index in [1.807, 2.05) is 51.1 Å². The molecule has 1 aromatic carbocycles. The Balaban J connectivity index is 2.29. The van der Waals surface area contributed by atoms with Crippen molar-refractivity contribution in [3.05, 3.63) is 35.9 Å². The summed E-state index contributed by atoms with van der Waals surface area (Å²) in [6.07, 6.45) is 0.762. The van der Waals surface area contributed by atoms with Gasteiger partial charge in [-0.25, -0.2) is 4.79 Å². The monoisotopic (exact) mass is 320 g/mol. The van der Waals surface area contributed by atoms with Crippen LogP contribution in [0.3, 0.4) is 0 Å². The number of hydrogen-bond acceptors (Lipinski definition) is 3. The quantitative estimate of drug-likeness (QED) is 0.622. The number of benzene rings is 1. The number of nitrogens with one attached hydrogen (secondary N) is 2. The van der Waals surface area contributed by atoms with E-state index in [1.54, 1.807) is 0 Å². The van der Waals surface area contributed by atoms with Gasteiger partial charge in [-0.05, 0) is 30.2 Å². The van der Waals surface area contributed by atoms with E-state index in [1.165, 1.54) is 0 Å². The van der Waals surface area contributed by atoms with Gasteiger partial charge in [0, 0.05) is 12.6 Å². The number of aliphatic hydroxyl groups is 1. The zero-order valence-electron chi connectivity index (χ0n) is 14.2. The Morgan fingerprint density at radius 1 is 1.26 bits per heavy atom. The fraction of sp³-hybridized carbons (Fsp3) is 0.611. The van der Waals surface area contributed by atoms with Crippen LogP contribution in [0.2, 0.25) is 0 Å². The third-order valence-electron chi connectivity index (χ3n) is 4.74. The highest BCUT2D eigenvalue weighted by atomic mass is 16.4. The van der Waals surface area contributed by atoms with Crippen LogP contribution in [0.15, 0.2) is 30.3 Å². The van der Waals surface area contributed by atoms with Gasteiger partial charge in [0.05, 0.1) is 11.6 Å². The Morgan fingerprint density at radius 2 is 1.87 bits per heavy atom. The normalized spacial score (nSPS) is 19.0. The van der Waals surface area contributed by atoms with E-state index in [4.69, 9.17) is 0 Å². The van der Waals surface area contributed by atoms with Gasteiger partial charge in [-0.2, -0.15) is 0 Å². The van der Waals surface area contributed by atoms with Crippen LogP contribution in [-0.4, -0.2) is 40.5 Å². The Morgan fingerprint density at radius 3 is 2.35 bits per heavy atom. The molecule has 4 N–H and O–H groups in total. The molecular weight excluding hydrogens is 292 g/mol. The summed E-state index contributed by atoms with van der Waals surface area (Å²) >= 11 is 0. The number of aliphatic hydroxyl groups excluding tert-OH is 1. The summed E-state index contributed by atoms with van der Waals surface area (Å²) in [7, 11) is 0. The minimum Gasteiger partial charge on any atom is -0.465 e. The van der Waals surface area contributed by atoms with Crippen molar-refractivity contribution >= 4 is 6.09 Å². The molecule has 0 aromatic heterocycles. The molecule has 128 valence electrons. The highest BCUT2D eigenvalue weighted by Gasteiger charge is 2.49. The Kier molecular flexibility index (Phi) is 5.32. The van der Waals surface area contributed by atoms with E-state index < -0.39 is 23.2 Å². The summed E-state index contributed by atoms with van der Waals surface area (Å²) in [6, 6.07) is 10.2. The Bertz CT molecular complexity index is 523. The highest BCUT2D eigenvalue weighted by molar-refractivity contribution is 5.66. The molecule has 0 bridgehead atoms. The molecule has 1 amide bonds. The summed E-state index contributed by atoms with van der Waals surface area (Å²) in [5.74, 6) is 0. The van der Waals surface area contributed by atoms with Crippen molar-refractivity contribution in [3.63, 3.8) is 0 Å². The van der Waals surface area contributed by atoms with Crippen molar-refractivity contribution in [2.75, 3.05) is 6.54 Å². The number of carbonyl (C=O) groups is 1. The van der Waals surface area contributed by atoms with E-state index >= 15 is 0 Å². The molecule has 0 heterocycles. The van der Waals surface area contributed by atoms with Crippen molar-refractivity contribution in [1.82, 2.24) is 10.6 Å². The molecule has 0 aliphatic heterocycles. The maximum atomic E-state index is 11.5. The molecule has 1 aromatic rings. The fourth-order valence-electron chi connectivity index (χ4n) is 3.05. The maximum absolute atomic E-state index is 11.5. The SMILES string of the molecule is CC(C)(C)[C@](Cc1ccccc1)(NC(=O)O)[C@H](O)CNC1CC1. The fourth-order valence-corrected chi connectivity index (χ4v) is 3.05. The summed E-state index contributed by atoms with van der Waals surface area (Å²) < 4.78 is 0. The van der Waals surface area contributed by atoms with Crippen molar-refractivity contribution in [2.24, 2.45) is 5.41 Å². The summed E-state index contributed by atoms with van der Waals surface area (Å²) in [6.45, 7) is 6.28. The average molecular weight is 320 g/mol. The molecule has 2 atom stereocenters. The lowest BCUT2D eigenvalue weighted by Gasteiger charge is -2.48. The summed E-state index contributed by atoms with van der Waals surface area (Å²) in [5.41, 5.74) is -0.421. The smallest absolute Gasteiger partial charge is 0.405 e. The van der Waals surface area contributed by atoms with Gasteiger partial charge in [0.25, 0.3) is 0 Å². The van der Waals surface area contributed by atoms with Crippen LogP contribution in [0.1, 0.15) is 39.2 Å². The molecule has 23 heavy (non-hydrogen) atoms. The number of rotatable bonds is 7. The first-order chi connectivity index (χ1) is 10.7. The molecule has 1 saturated carbocycles. The lowest BCUT2D eigenvalue weighted by atomic mass is 9.66. The lowest BCUT2D eigenvalue weighted by molar-refractivity contribution is -0.00887. The van der Waals surface area contributed by atoms with Gasteiger partial charge < -0.3 is 20.8 Å². The van der Waals surface area contributed by atoms with Crippen LogP contribution in [0.4, 0.5) is 4.79 Å². The molecule has 5 heteroatoms. The molecular formula is C18H28N2O3. The van der Waals surface area contributed by atoms with E-state index in [0.29, 0.717) is 19.0 Å². The molecule has 1 fully saturated rings. The third kappa shape index (κ3) is 4.45. The Labute approximate surface area is 138 Å². The van der Waals surface area contributed by atoms with Gasteiger partial charge >= 0.3 is 6.09 Å². The molecule has 0 spiro atoms. The van der Waals surface area contributed by atoms with E-state index in [2.05, 4.69) is 10.6 Å². The van der Waals surface area contributed by atoms with Crippen molar-refractivity contribution in [2.45, 2.75) is 57.7 Å². The zero-order chi connectivity index (χ0) is 17.1. The second-order valence-electron chi connectivity index (χ2n) is 7.51. The predicted molar refractivity (Wildman–Crippen MR) is 90.5 cm³/mol. The van der Waals surface area contributed by atoms with Crippen LogP contribution >= 0.6 is 0 Å². The molecule has 1 aliphatic carbocycles. The summed E-state index contributed by atoms with van der Waals surface area (Å²) in [4.78, 5) is 11.5. The van der Waals surface area contributed by atoms with Gasteiger partial charge in [0.2, 0.25) is 0 Å². The second-order valence-corrected chi connectivity index (χ2v) is 7.51. The minimum atomic E-state index is -1.11. The number of carboxylic acid groups (broad SMARTS) is 1. The van der Waals surface area contributed by atoms with Gasteiger partial charge in [0.15, 0.2) is 0 Å². The molecule has 2 rings (SSSR count). The zero-order valence-corrected chi connectivity index (χ0v) is 14.2. The molecule has 5 nitrogen and oxygen atoms in total. The molecule has 1 aliphatic rings. The van der Waals surface area contributed by atoms with Gasteiger partial charge in [-0.1, -0.05) is 51.1 Å². The predicted octanol–water partition coefficient (Wildman–Crippen LogP) is 2.39. The molecule has 0 saturated heterocycles. The van der Waals surface area contributed by atoms with Crippen molar-refractivity contribution < 1.29 is 15.0 Å². The molecule has 0 radical (unpaired) electrons. The van der Waals surface area contributed by atoms with Gasteiger partial charge in [-0.3, -0.25) is 0 Å². The van der Waals surface area contributed by atoms with Gasteiger partial charge in [-0.15, -0.1) is 0 Å². The van der Waals surface area contributed by atoms with Crippen LogP contribution in [0.5, 0.6) is 0 Å². The van der Waals surface area contributed by atoms with Crippen LogP contribution < -0.4 is 10.6 Å². The van der Waals surface area contributed by atoms with Crippen molar-refractivity contribution in [3.8, 4) is 0 Å². The van der Waals surface area contributed by atoms with E-state index in [9.17, 15) is 15.0 Å². The highest BCUT2D eigenvalue weighted by Crippen LogP contribution is 2.37. The number of hydrogen-bond donors (Lipinski definition) is 4. The average Bonchev–Trinajstić information content (AvgIpc) is 3.27. The van der Waals surface area contributed by atoms with E-state index in [-0.39, 0.29) is 0 Å². The second kappa shape index (κ2) is 6.89. The van der Waals surface area contributed by atoms with E-state index in [0.717, 1.165) is 18.4 Å². The van der Waals surface area contributed by atoms with Crippen LogP contribution in [0.25, 0.3) is 0 Å². The Hall–Kier alpha value is -1.59. The molecule has 0 unspecified atom stereocenters. The largest absolute Gasteiger partial charge is 0.465 e. The maximum Gasteiger partial charge on any atom is 0.405 e. The standard InChI is InChI=1S/C18H28N2O3/c1-17(2,3)18(20-16(22)23,11-13-7-5-4-6-8-13)15(21)12-19-14-9-10-14/h4-8,14-15,19-21H,9-12H2,1-3H3,(H,22,23)/t15-,18-/m1/s1. The summed E-state index contributed by atoms with van der Waals surface area (Å²) in [5, 5.41) is 26.2. The van der Waals surface area contributed by atoms with Crippen LogP contribution in [0, 0.1) is 5.41 Å². The van der Waals surface area contributed by atoms with Crippen molar-refractivity contribution in [1.29, 1.82) is 0 Å². The first-order valence-electron chi connectivity index (χ1n) is 8.21. The first-order valence-corrected chi connectivity index (χ1v) is 8.21. The minimum absolute atomic E-state index is 0.384. The number of amides is 1. The lowest BCUT2D eigenvalue weighted by Crippen LogP contribution is -2.67.